The van der Waals surface area contributed by atoms with Crippen LogP contribution in [0.2, 0.25) is 0 Å². The third-order valence-electron chi connectivity index (χ3n) is 4.45. The molecule has 106 valence electrons. The second kappa shape index (κ2) is 4.92. The van der Waals surface area contributed by atoms with Crippen molar-refractivity contribution in [3.8, 4) is 0 Å². The van der Waals surface area contributed by atoms with Gasteiger partial charge < -0.3 is 9.73 Å². The second-order valence-corrected chi connectivity index (χ2v) is 7.41. The molecule has 3 rings (SSSR count). The molecule has 2 aliphatic rings. The Labute approximate surface area is 113 Å². The van der Waals surface area contributed by atoms with E-state index in [0.29, 0.717) is 18.3 Å². The Morgan fingerprint density at radius 3 is 2.79 bits per heavy atom. The fourth-order valence-electron chi connectivity index (χ4n) is 3.42. The number of nitrogens with one attached hydrogen (secondary N) is 2. The summed E-state index contributed by atoms with van der Waals surface area (Å²) in [4.78, 5) is 0. The van der Waals surface area contributed by atoms with Gasteiger partial charge in [-0.3, -0.25) is 0 Å². The Kier molecular flexibility index (Phi) is 3.41. The van der Waals surface area contributed by atoms with Crippen molar-refractivity contribution in [1.82, 2.24) is 10.0 Å². The highest BCUT2D eigenvalue weighted by Crippen LogP contribution is 2.44. The lowest BCUT2D eigenvalue weighted by Gasteiger charge is -2.22. The van der Waals surface area contributed by atoms with Crippen LogP contribution in [0.4, 0.5) is 0 Å². The predicted molar refractivity (Wildman–Crippen MR) is 71.0 cm³/mol. The van der Waals surface area contributed by atoms with E-state index in [2.05, 4.69) is 10.0 Å². The summed E-state index contributed by atoms with van der Waals surface area (Å²) in [6.45, 7) is 0.604. The van der Waals surface area contributed by atoms with Gasteiger partial charge in [-0.25, -0.2) is 13.1 Å². The molecule has 1 aromatic rings. The monoisotopic (exact) mass is 284 g/mol. The molecule has 0 saturated heterocycles. The molecule has 5 nitrogen and oxygen atoms in total. The lowest BCUT2D eigenvalue weighted by Crippen LogP contribution is -2.33. The summed E-state index contributed by atoms with van der Waals surface area (Å²) in [5, 5.41) is 3.49. The van der Waals surface area contributed by atoms with Crippen molar-refractivity contribution in [3.05, 3.63) is 17.9 Å². The van der Waals surface area contributed by atoms with Gasteiger partial charge in [0.1, 0.15) is 5.76 Å². The van der Waals surface area contributed by atoms with Gasteiger partial charge in [0.25, 0.3) is 10.0 Å². The van der Waals surface area contributed by atoms with Gasteiger partial charge >= 0.3 is 0 Å². The molecule has 0 aliphatic heterocycles. The van der Waals surface area contributed by atoms with Gasteiger partial charge in [0.05, 0.1) is 6.54 Å². The minimum atomic E-state index is -3.47. The molecule has 19 heavy (non-hydrogen) atoms. The zero-order chi connectivity index (χ0) is 13.5. The van der Waals surface area contributed by atoms with Crippen LogP contribution in [0.25, 0.3) is 0 Å². The number of hydrogen-bond acceptors (Lipinski definition) is 4. The van der Waals surface area contributed by atoms with E-state index in [1.54, 1.807) is 6.07 Å². The molecule has 2 aliphatic carbocycles. The van der Waals surface area contributed by atoms with Gasteiger partial charge in [0.15, 0.2) is 0 Å². The highest BCUT2D eigenvalue weighted by atomic mass is 32.2. The molecule has 3 atom stereocenters. The number of sulfonamides is 1. The molecule has 1 heterocycles. The standard InChI is InChI=1S/C13H20N2O3S/c1-14-19(16,17)13-5-4-11(18-13)8-15-12-7-9-2-3-10(12)6-9/h4-5,9-10,12,14-15H,2-3,6-8H2,1H3. The third kappa shape index (κ3) is 2.57. The summed E-state index contributed by atoms with van der Waals surface area (Å²) in [5.41, 5.74) is 0. The molecular weight excluding hydrogens is 264 g/mol. The summed E-state index contributed by atoms with van der Waals surface area (Å²) in [6.07, 6.45) is 5.33. The smallest absolute Gasteiger partial charge is 0.273 e. The molecular formula is C13H20N2O3S. The maximum atomic E-state index is 11.6. The first-order valence-corrected chi connectivity index (χ1v) is 8.32. The molecule has 0 aromatic carbocycles. The van der Waals surface area contributed by atoms with E-state index < -0.39 is 10.0 Å². The maximum Gasteiger partial charge on any atom is 0.273 e. The van der Waals surface area contributed by atoms with Crippen LogP contribution < -0.4 is 10.0 Å². The summed E-state index contributed by atoms with van der Waals surface area (Å²) in [5.74, 6) is 2.39. The first kappa shape index (κ1) is 13.1. The van der Waals surface area contributed by atoms with Crippen LogP contribution in [0.1, 0.15) is 31.4 Å². The van der Waals surface area contributed by atoms with Crippen molar-refractivity contribution in [2.24, 2.45) is 11.8 Å². The Balaban J connectivity index is 1.59. The average molecular weight is 284 g/mol. The zero-order valence-electron chi connectivity index (χ0n) is 11.1. The fourth-order valence-corrected chi connectivity index (χ4v) is 4.09. The Morgan fingerprint density at radius 2 is 2.16 bits per heavy atom. The topological polar surface area (TPSA) is 71.3 Å². The zero-order valence-corrected chi connectivity index (χ0v) is 11.9. The molecule has 2 fully saturated rings. The molecule has 6 heteroatoms. The Hall–Kier alpha value is -0.850. The van der Waals surface area contributed by atoms with Crippen LogP contribution in [0.5, 0.6) is 0 Å². The number of rotatable bonds is 5. The van der Waals surface area contributed by atoms with Gasteiger partial charge in [-0.1, -0.05) is 6.42 Å². The molecule has 0 radical (unpaired) electrons. The van der Waals surface area contributed by atoms with Gasteiger partial charge in [0.2, 0.25) is 5.09 Å². The van der Waals surface area contributed by atoms with E-state index in [0.717, 1.165) is 11.8 Å². The maximum absolute atomic E-state index is 11.6. The van der Waals surface area contributed by atoms with E-state index in [9.17, 15) is 8.42 Å². The van der Waals surface area contributed by atoms with Gasteiger partial charge in [0, 0.05) is 6.04 Å². The summed E-state index contributed by atoms with van der Waals surface area (Å²) >= 11 is 0. The number of furan rings is 1. The number of hydrogen-bond donors (Lipinski definition) is 2. The molecule has 0 spiro atoms. The molecule has 0 amide bonds. The van der Waals surface area contributed by atoms with Crippen molar-refractivity contribution in [2.75, 3.05) is 7.05 Å². The van der Waals surface area contributed by atoms with Crippen molar-refractivity contribution >= 4 is 10.0 Å². The fraction of sp³-hybridized carbons (Fsp3) is 0.692. The summed E-state index contributed by atoms with van der Waals surface area (Å²) in [7, 11) is -2.09. The lowest BCUT2D eigenvalue weighted by atomic mass is 9.95. The minimum Gasteiger partial charge on any atom is -0.447 e. The summed E-state index contributed by atoms with van der Waals surface area (Å²) in [6, 6.07) is 3.81. The normalized spacial score (nSPS) is 30.1. The van der Waals surface area contributed by atoms with E-state index >= 15 is 0 Å². The Morgan fingerprint density at radius 1 is 1.32 bits per heavy atom. The Bertz CT molecular complexity index is 552. The largest absolute Gasteiger partial charge is 0.447 e. The van der Waals surface area contributed by atoms with E-state index in [-0.39, 0.29) is 5.09 Å². The molecule has 1 aromatic heterocycles. The average Bonchev–Trinajstić information content (AvgIpc) is 3.12. The van der Waals surface area contributed by atoms with E-state index in [1.807, 2.05) is 0 Å². The van der Waals surface area contributed by atoms with Gasteiger partial charge in [-0.2, -0.15) is 0 Å². The lowest BCUT2D eigenvalue weighted by molar-refractivity contribution is 0.327. The minimum absolute atomic E-state index is 0.0141. The molecule has 3 unspecified atom stereocenters. The van der Waals surface area contributed by atoms with Gasteiger partial charge in [-0.15, -0.1) is 0 Å². The van der Waals surface area contributed by atoms with Crippen molar-refractivity contribution < 1.29 is 12.8 Å². The van der Waals surface area contributed by atoms with Crippen LogP contribution in [-0.2, 0) is 16.6 Å². The number of fused-ring (bicyclic) bond motifs is 2. The molecule has 2 bridgehead atoms. The molecule has 2 saturated carbocycles. The van der Waals surface area contributed by atoms with Crippen LogP contribution in [0, 0.1) is 11.8 Å². The van der Waals surface area contributed by atoms with Crippen molar-refractivity contribution in [1.29, 1.82) is 0 Å². The SMILES string of the molecule is CNS(=O)(=O)c1ccc(CNC2CC3CCC2C3)o1. The molecule has 2 N–H and O–H groups in total. The van der Waals surface area contributed by atoms with Crippen LogP contribution in [0.15, 0.2) is 21.6 Å². The second-order valence-electron chi connectivity index (χ2n) is 5.59. The van der Waals surface area contributed by atoms with Crippen LogP contribution >= 0.6 is 0 Å². The van der Waals surface area contributed by atoms with Crippen molar-refractivity contribution in [3.63, 3.8) is 0 Å². The van der Waals surface area contributed by atoms with Gasteiger partial charge in [-0.05, 0) is 50.3 Å². The predicted octanol–water partition coefficient (Wildman–Crippen LogP) is 1.47. The third-order valence-corrected chi connectivity index (χ3v) is 5.73. The first-order chi connectivity index (χ1) is 9.08. The van der Waals surface area contributed by atoms with Crippen LogP contribution in [0.3, 0.4) is 0 Å². The quantitative estimate of drug-likeness (QED) is 0.859. The highest BCUT2D eigenvalue weighted by Gasteiger charge is 2.39. The highest BCUT2D eigenvalue weighted by molar-refractivity contribution is 7.89. The first-order valence-electron chi connectivity index (χ1n) is 6.84. The van der Waals surface area contributed by atoms with Crippen LogP contribution in [-0.4, -0.2) is 21.5 Å². The van der Waals surface area contributed by atoms with Crippen molar-refractivity contribution in [2.45, 2.75) is 43.4 Å². The van der Waals surface area contributed by atoms with E-state index in [4.69, 9.17) is 4.42 Å². The summed E-state index contributed by atoms with van der Waals surface area (Å²) < 4.78 is 30.7. The van der Waals surface area contributed by atoms with E-state index in [1.165, 1.54) is 38.8 Å².